The van der Waals surface area contributed by atoms with Gasteiger partial charge >= 0.3 is 12.1 Å². The quantitative estimate of drug-likeness (QED) is 0.181. The molecule has 4 rings (SSSR count). The third kappa shape index (κ3) is 10.1. The Bertz CT molecular complexity index is 1580. The minimum atomic E-state index is -4.33. The zero-order valence-electron chi connectivity index (χ0n) is 25.4. The molecule has 0 aliphatic heterocycles. The van der Waals surface area contributed by atoms with E-state index in [1.54, 1.807) is 48.5 Å². The Balaban J connectivity index is 1.48. The molecule has 1 aliphatic carbocycles. The molecule has 3 aromatic carbocycles. The van der Waals surface area contributed by atoms with Crippen LogP contribution in [0.3, 0.4) is 0 Å². The summed E-state index contributed by atoms with van der Waals surface area (Å²) < 4.78 is 65.3. The van der Waals surface area contributed by atoms with Crippen molar-refractivity contribution in [2.75, 3.05) is 16.3 Å². The Kier molecular flexibility index (Phi) is 11.0. The zero-order valence-corrected chi connectivity index (χ0v) is 26.2. The highest BCUT2D eigenvalue weighted by Crippen LogP contribution is 2.34. The van der Waals surface area contributed by atoms with Crippen molar-refractivity contribution in [1.82, 2.24) is 0 Å². The number of nitrogens with one attached hydrogen (secondary N) is 2. The number of sulfonamides is 1. The number of carboxylic acids is 1. The minimum Gasteiger partial charge on any atom is -0.481 e. The predicted octanol–water partition coefficient (Wildman–Crippen LogP) is 8.38. The molecule has 7 nitrogen and oxygen atoms in total. The summed E-state index contributed by atoms with van der Waals surface area (Å²) in [5.74, 6) is -1.30. The Morgan fingerprint density at radius 3 is 1.96 bits per heavy atom. The second kappa shape index (κ2) is 14.5. The monoisotopic (exact) mass is 644 g/mol. The van der Waals surface area contributed by atoms with Crippen molar-refractivity contribution in [2.24, 2.45) is 11.8 Å². The van der Waals surface area contributed by atoms with Gasteiger partial charge in [0.1, 0.15) is 0 Å². The average molecular weight is 645 g/mol. The topological polar surface area (TPSA) is 113 Å². The molecule has 0 heterocycles. The molecule has 45 heavy (non-hydrogen) atoms. The molecule has 1 aliphatic rings. The Hall–Kier alpha value is -3.86. The van der Waals surface area contributed by atoms with Gasteiger partial charge in [-0.2, -0.15) is 13.2 Å². The minimum absolute atomic E-state index is 0.00973. The molecule has 1 fully saturated rings. The van der Waals surface area contributed by atoms with Gasteiger partial charge < -0.3 is 10.4 Å². The fourth-order valence-electron chi connectivity index (χ4n) is 5.99. The first-order chi connectivity index (χ1) is 21.2. The number of carbonyl (C=O) groups excluding carboxylic acids is 1. The number of ketones is 1. The van der Waals surface area contributed by atoms with Gasteiger partial charge in [0.2, 0.25) is 10.0 Å². The van der Waals surface area contributed by atoms with Crippen LogP contribution in [-0.4, -0.2) is 37.7 Å². The van der Waals surface area contributed by atoms with Crippen LogP contribution in [0.4, 0.5) is 24.5 Å². The van der Waals surface area contributed by atoms with E-state index in [1.807, 2.05) is 25.1 Å². The van der Waals surface area contributed by atoms with Gasteiger partial charge in [-0.3, -0.25) is 14.3 Å². The Labute approximate surface area is 262 Å². The molecule has 0 spiro atoms. The molecule has 0 saturated heterocycles. The van der Waals surface area contributed by atoms with E-state index in [4.69, 9.17) is 0 Å². The third-order valence-electron chi connectivity index (χ3n) is 8.32. The van der Waals surface area contributed by atoms with Crippen molar-refractivity contribution in [3.8, 4) is 11.1 Å². The van der Waals surface area contributed by atoms with Crippen LogP contribution in [0.2, 0.25) is 0 Å². The number of halogens is 3. The van der Waals surface area contributed by atoms with Gasteiger partial charge in [0.15, 0.2) is 5.78 Å². The molecule has 11 heteroatoms. The first-order valence-electron chi connectivity index (χ1n) is 15.1. The first kappa shape index (κ1) is 34.0. The first-order valence-corrected chi connectivity index (χ1v) is 17.0. The summed E-state index contributed by atoms with van der Waals surface area (Å²) in [6, 6.07) is 18.6. The predicted molar refractivity (Wildman–Crippen MR) is 170 cm³/mol. The van der Waals surface area contributed by atoms with Gasteiger partial charge in [-0.1, -0.05) is 43.2 Å². The van der Waals surface area contributed by atoms with Crippen LogP contribution in [-0.2, 0) is 14.8 Å². The second-order valence-corrected chi connectivity index (χ2v) is 13.7. The maximum Gasteiger partial charge on any atom is 0.389 e. The van der Waals surface area contributed by atoms with E-state index in [-0.39, 0.29) is 24.0 Å². The number of aliphatic carboxylic acids is 1. The summed E-state index contributed by atoms with van der Waals surface area (Å²) in [6.07, 6.45) is -0.646. The van der Waals surface area contributed by atoms with E-state index in [9.17, 15) is 36.3 Å². The molecule has 3 aromatic rings. The van der Waals surface area contributed by atoms with Gasteiger partial charge in [0, 0.05) is 29.3 Å². The standard InChI is InChI=1S/C34H39F3N2O5S/c1-22-21-27(23-9-16-29(17-10-23)39-45(2,43)44)13-18-30(22)31(19-20-34(35,36)37)38-28-14-11-25(12-15-28)32(40)24-5-3-7-26(33(41)42)8-4-6-24/h9-18,21,24,26,31,38-39H,3-8,19-20H2,1-2H3,(H,41,42). The third-order valence-corrected chi connectivity index (χ3v) is 8.93. The summed E-state index contributed by atoms with van der Waals surface area (Å²) in [5, 5.41) is 12.6. The second-order valence-electron chi connectivity index (χ2n) is 11.9. The number of benzene rings is 3. The fourth-order valence-corrected chi connectivity index (χ4v) is 6.56. The number of carbonyl (C=O) groups is 2. The molecule has 0 amide bonds. The van der Waals surface area contributed by atoms with Gasteiger partial charge in [-0.05, 0) is 97.7 Å². The highest BCUT2D eigenvalue weighted by Gasteiger charge is 2.30. The van der Waals surface area contributed by atoms with Gasteiger partial charge in [-0.25, -0.2) is 8.42 Å². The van der Waals surface area contributed by atoms with Crippen molar-refractivity contribution < 1.29 is 36.3 Å². The lowest BCUT2D eigenvalue weighted by Crippen LogP contribution is -2.21. The number of aryl methyl sites for hydroxylation is 1. The summed E-state index contributed by atoms with van der Waals surface area (Å²) >= 11 is 0. The van der Waals surface area contributed by atoms with Crippen molar-refractivity contribution in [2.45, 2.75) is 70.5 Å². The molecular formula is C34H39F3N2O5S. The number of rotatable bonds is 11. The molecule has 242 valence electrons. The van der Waals surface area contributed by atoms with E-state index in [2.05, 4.69) is 10.0 Å². The highest BCUT2D eigenvalue weighted by molar-refractivity contribution is 7.92. The number of hydrogen-bond acceptors (Lipinski definition) is 5. The van der Waals surface area contributed by atoms with Gasteiger partial charge in [0.05, 0.1) is 18.2 Å². The number of alkyl halides is 3. The summed E-state index contributed by atoms with van der Waals surface area (Å²) in [6.45, 7) is 1.84. The smallest absolute Gasteiger partial charge is 0.389 e. The van der Waals surface area contributed by atoms with Crippen molar-refractivity contribution >= 4 is 33.2 Å². The van der Waals surface area contributed by atoms with Gasteiger partial charge in [0.25, 0.3) is 0 Å². The maximum absolute atomic E-state index is 13.3. The number of Topliss-reactive ketones (excluding diaryl/α,β-unsaturated/α-hetero) is 1. The Morgan fingerprint density at radius 1 is 0.867 bits per heavy atom. The van der Waals surface area contributed by atoms with Crippen molar-refractivity contribution in [3.63, 3.8) is 0 Å². The zero-order chi connectivity index (χ0) is 32.8. The van der Waals surface area contributed by atoms with Crippen LogP contribution < -0.4 is 10.0 Å². The van der Waals surface area contributed by atoms with Crippen molar-refractivity contribution in [1.29, 1.82) is 0 Å². The van der Waals surface area contributed by atoms with Crippen LogP contribution in [0.25, 0.3) is 11.1 Å². The Morgan fingerprint density at radius 2 is 1.42 bits per heavy atom. The molecule has 0 bridgehead atoms. The average Bonchev–Trinajstić information content (AvgIpc) is 2.94. The van der Waals surface area contributed by atoms with E-state index in [0.717, 1.165) is 22.9 Å². The van der Waals surface area contributed by atoms with E-state index in [0.29, 0.717) is 61.0 Å². The summed E-state index contributed by atoms with van der Waals surface area (Å²) in [5.41, 5.74) is 4.74. The van der Waals surface area contributed by atoms with Crippen LogP contribution in [0.5, 0.6) is 0 Å². The molecule has 1 atom stereocenters. The van der Waals surface area contributed by atoms with Crippen LogP contribution in [0.1, 0.15) is 78.9 Å². The lowest BCUT2D eigenvalue weighted by atomic mass is 9.82. The number of carboxylic acid groups (broad SMARTS) is 1. The fraction of sp³-hybridized carbons (Fsp3) is 0.412. The van der Waals surface area contributed by atoms with Crippen LogP contribution >= 0.6 is 0 Å². The molecule has 1 unspecified atom stereocenters. The molecule has 0 aromatic heterocycles. The van der Waals surface area contributed by atoms with E-state index in [1.165, 1.54) is 0 Å². The van der Waals surface area contributed by atoms with Crippen LogP contribution in [0, 0.1) is 18.8 Å². The van der Waals surface area contributed by atoms with Gasteiger partial charge in [-0.15, -0.1) is 0 Å². The lowest BCUT2D eigenvalue weighted by molar-refractivity contribution is -0.142. The van der Waals surface area contributed by atoms with E-state index < -0.39 is 34.6 Å². The summed E-state index contributed by atoms with van der Waals surface area (Å²) in [7, 11) is -3.41. The van der Waals surface area contributed by atoms with Crippen molar-refractivity contribution in [3.05, 3.63) is 83.4 Å². The molecular weight excluding hydrogens is 605 g/mol. The lowest BCUT2D eigenvalue weighted by Gasteiger charge is -2.24. The molecule has 1 saturated carbocycles. The van der Waals surface area contributed by atoms with Crippen LogP contribution in [0.15, 0.2) is 66.7 Å². The molecule has 3 N–H and O–H groups in total. The highest BCUT2D eigenvalue weighted by atomic mass is 32.2. The van der Waals surface area contributed by atoms with E-state index >= 15 is 0 Å². The summed E-state index contributed by atoms with van der Waals surface area (Å²) in [4.78, 5) is 24.6. The number of anilines is 2. The molecule has 0 radical (unpaired) electrons. The number of hydrogen-bond donors (Lipinski definition) is 3. The SMILES string of the molecule is Cc1cc(-c2ccc(NS(C)(=O)=O)cc2)ccc1C(CCC(F)(F)F)Nc1ccc(C(=O)C2CCCC(C(=O)O)CCC2)cc1. The normalized spacial score (nSPS) is 18.3. The maximum atomic E-state index is 13.3. The largest absolute Gasteiger partial charge is 0.481 e.